The minimum Gasteiger partial charge on any atom is -0.478 e. The molecule has 0 fully saturated rings. The summed E-state index contributed by atoms with van der Waals surface area (Å²) in [5, 5.41) is 9.32. The molecule has 0 radical (unpaired) electrons. The van der Waals surface area contributed by atoms with E-state index in [0.29, 0.717) is 24.3 Å². The molecule has 0 aromatic heterocycles. The maximum Gasteiger partial charge on any atom is 0.409 e. The van der Waals surface area contributed by atoms with Crippen molar-refractivity contribution in [2.45, 2.75) is 46.1 Å². The summed E-state index contributed by atoms with van der Waals surface area (Å²) in [5.41, 5.74) is 6.98. The third kappa shape index (κ3) is 2.41. The van der Waals surface area contributed by atoms with E-state index in [1.807, 2.05) is 13.8 Å². The third-order valence-electron chi connectivity index (χ3n) is 4.15. The highest BCUT2D eigenvalue weighted by atomic mass is 16.6. The van der Waals surface area contributed by atoms with Crippen molar-refractivity contribution < 1.29 is 24.2 Å². The second-order valence-electron chi connectivity index (χ2n) is 5.57. The Hall–Kier alpha value is -2.24. The average molecular weight is 293 g/mol. The standard InChI is InChI=1S/C15H19NO5/c1-7-8(2)12-10(9(3)11(7)20-14(16)19)5-6-15(4,21-12)13(17)18/h5-6H2,1-4H3,(H2,16,19)(H,17,18). The Morgan fingerprint density at radius 1 is 1.24 bits per heavy atom. The summed E-state index contributed by atoms with van der Waals surface area (Å²) in [6.45, 7) is 6.98. The van der Waals surface area contributed by atoms with E-state index in [2.05, 4.69) is 0 Å². The quantitative estimate of drug-likeness (QED) is 0.871. The molecule has 6 heteroatoms. The summed E-state index contributed by atoms with van der Waals surface area (Å²) < 4.78 is 10.9. The average Bonchev–Trinajstić information content (AvgIpc) is 2.40. The maximum absolute atomic E-state index is 11.4. The van der Waals surface area contributed by atoms with Crippen molar-refractivity contribution in [2.24, 2.45) is 5.73 Å². The van der Waals surface area contributed by atoms with Gasteiger partial charge in [0, 0.05) is 12.0 Å². The Bertz CT molecular complexity index is 638. The molecule has 6 nitrogen and oxygen atoms in total. The van der Waals surface area contributed by atoms with E-state index in [0.717, 1.165) is 22.3 Å². The molecule has 114 valence electrons. The summed E-state index contributed by atoms with van der Waals surface area (Å²) in [5.74, 6) is 0.0135. The molecular formula is C15H19NO5. The van der Waals surface area contributed by atoms with Crippen LogP contribution in [-0.2, 0) is 11.2 Å². The van der Waals surface area contributed by atoms with E-state index in [-0.39, 0.29) is 0 Å². The number of carboxylic acids is 1. The first-order chi connectivity index (χ1) is 9.67. The zero-order valence-corrected chi connectivity index (χ0v) is 12.6. The minimum absolute atomic E-state index is 0.356. The molecule has 2 rings (SSSR count). The Morgan fingerprint density at radius 2 is 1.86 bits per heavy atom. The van der Waals surface area contributed by atoms with E-state index >= 15 is 0 Å². The molecule has 1 amide bonds. The summed E-state index contributed by atoms with van der Waals surface area (Å²) >= 11 is 0. The number of carboxylic acid groups (broad SMARTS) is 1. The molecule has 21 heavy (non-hydrogen) atoms. The van der Waals surface area contributed by atoms with Crippen LogP contribution in [0.1, 0.15) is 35.6 Å². The Balaban J connectivity index is 2.59. The first kappa shape index (κ1) is 15.2. The molecule has 0 spiro atoms. The lowest BCUT2D eigenvalue weighted by Crippen LogP contribution is -2.44. The van der Waals surface area contributed by atoms with Crippen molar-refractivity contribution in [1.82, 2.24) is 0 Å². The number of carbonyl (C=O) groups excluding carboxylic acids is 1. The molecule has 1 aliphatic rings. The van der Waals surface area contributed by atoms with Gasteiger partial charge in [-0.1, -0.05) is 0 Å². The van der Waals surface area contributed by atoms with Crippen LogP contribution in [0.15, 0.2) is 0 Å². The highest BCUT2D eigenvalue weighted by Crippen LogP contribution is 2.43. The summed E-state index contributed by atoms with van der Waals surface area (Å²) in [7, 11) is 0. The van der Waals surface area contributed by atoms with Crippen molar-refractivity contribution in [3.63, 3.8) is 0 Å². The Labute approximate surface area is 122 Å². The number of benzene rings is 1. The normalized spacial score (nSPS) is 20.4. The van der Waals surface area contributed by atoms with Crippen LogP contribution < -0.4 is 15.2 Å². The monoisotopic (exact) mass is 293 g/mol. The molecule has 1 heterocycles. The van der Waals surface area contributed by atoms with Gasteiger partial charge < -0.3 is 20.3 Å². The van der Waals surface area contributed by atoms with Crippen LogP contribution in [0.25, 0.3) is 0 Å². The topological polar surface area (TPSA) is 98.9 Å². The highest BCUT2D eigenvalue weighted by Gasteiger charge is 2.41. The number of ether oxygens (including phenoxy) is 2. The van der Waals surface area contributed by atoms with Gasteiger partial charge in [0.25, 0.3) is 0 Å². The fourth-order valence-electron chi connectivity index (χ4n) is 2.64. The molecule has 1 aromatic carbocycles. The molecule has 0 aliphatic carbocycles. The van der Waals surface area contributed by atoms with E-state index < -0.39 is 17.7 Å². The Morgan fingerprint density at radius 3 is 2.38 bits per heavy atom. The van der Waals surface area contributed by atoms with Crippen molar-refractivity contribution >= 4 is 12.1 Å². The molecule has 0 saturated heterocycles. The number of primary amides is 1. The van der Waals surface area contributed by atoms with E-state index in [4.69, 9.17) is 15.2 Å². The van der Waals surface area contributed by atoms with Gasteiger partial charge in [0.15, 0.2) is 0 Å². The molecule has 0 saturated carbocycles. The van der Waals surface area contributed by atoms with E-state index in [1.54, 1.807) is 13.8 Å². The van der Waals surface area contributed by atoms with Gasteiger partial charge >= 0.3 is 12.1 Å². The summed E-state index contributed by atoms with van der Waals surface area (Å²) in [4.78, 5) is 22.4. The number of aliphatic carboxylic acids is 1. The van der Waals surface area contributed by atoms with Crippen LogP contribution >= 0.6 is 0 Å². The Kier molecular flexibility index (Phi) is 3.57. The van der Waals surface area contributed by atoms with Crippen molar-refractivity contribution in [3.05, 3.63) is 22.3 Å². The molecular weight excluding hydrogens is 274 g/mol. The number of fused-ring (bicyclic) bond motifs is 1. The fourth-order valence-corrected chi connectivity index (χ4v) is 2.64. The smallest absolute Gasteiger partial charge is 0.409 e. The van der Waals surface area contributed by atoms with Crippen LogP contribution in [0.3, 0.4) is 0 Å². The molecule has 1 atom stereocenters. The van der Waals surface area contributed by atoms with E-state index in [9.17, 15) is 14.7 Å². The van der Waals surface area contributed by atoms with Gasteiger partial charge in [-0.15, -0.1) is 0 Å². The maximum atomic E-state index is 11.4. The molecule has 1 aliphatic heterocycles. The summed E-state index contributed by atoms with van der Waals surface area (Å²) in [6, 6.07) is 0. The van der Waals surface area contributed by atoms with Gasteiger partial charge in [0.05, 0.1) is 0 Å². The lowest BCUT2D eigenvalue weighted by molar-refractivity contribution is -0.155. The predicted molar refractivity (Wildman–Crippen MR) is 75.9 cm³/mol. The molecule has 1 unspecified atom stereocenters. The van der Waals surface area contributed by atoms with Gasteiger partial charge in [-0.3, -0.25) is 0 Å². The van der Waals surface area contributed by atoms with Crippen molar-refractivity contribution in [1.29, 1.82) is 0 Å². The first-order valence-electron chi connectivity index (χ1n) is 6.69. The van der Waals surface area contributed by atoms with Crippen LogP contribution in [0.5, 0.6) is 11.5 Å². The number of rotatable bonds is 2. The van der Waals surface area contributed by atoms with Gasteiger partial charge in [-0.05, 0) is 50.8 Å². The number of hydrogen-bond acceptors (Lipinski definition) is 4. The third-order valence-corrected chi connectivity index (χ3v) is 4.15. The second-order valence-corrected chi connectivity index (χ2v) is 5.57. The second kappa shape index (κ2) is 4.95. The first-order valence-corrected chi connectivity index (χ1v) is 6.69. The van der Waals surface area contributed by atoms with Gasteiger partial charge in [0.2, 0.25) is 5.60 Å². The molecule has 3 N–H and O–H groups in total. The van der Waals surface area contributed by atoms with Crippen LogP contribution in [0.4, 0.5) is 4.79 Å². The largest absolute Gasteiger partial charge is 0.478 e. The van der Waals surface area contributed by atoms with Gasteiger partial charge in [0.1, 0.15) is 11.5 Å². The fraction of sp³-hybridized carbons (Fsp3) is 0.467. The SMILES string of the molecule is Cc1c(C)c2c(c(C)c1OC(N)=O)CCC(C)(C(=O)O)O2. The van der Waals surface area contributed by atoms with Crippen molar-refractivity contribution in [3.8, 4) is 11.5 Å². The molecule has 0 bridgehead atoms. The van der Waals surface area contributed by atoms with Crippen molar-refractivity contribution in [2.75, 3.05) is 0 Å². The zero-order chi connectivity index (χ0) is 15.9. The zero-order valence-electron chi connectivity index (χ0n) is 12.6. The minimum atomic E-state index is -1.23. The van der Waals surface area contributed by atoms with Crippen LogP contribution in [-0.4, -0.2) is 22.8 Å². The van der Waals surface area contributed by atoms with Gasteiger partial charge in [-0.2, -0.15) is 0 Å². The van der Waals surface area contributed by atoms with E-state index in [1.165, 1.54) is 0 Å². The predicted octanol–water partition coefficient (Wildman–Crippen LogP) is 2.24. The number of nitrogens with two attached hydrogens (primary N) is 1. The highest BCUT2D eigenvalue weighted by molar-refractivity contribution is 5.79. The lowest BCUT2D eigenvalue weighted by Gasteiger charge is -2.35. The lowest BCUT2D eigenvalue weighted by atomic mass is 9.87. The number of hydrogen-bond donors (Lipinski definition) is 2. The number of amides is 1. The summed E-state index contributed by atoms with van der Waals surface area (Å²) in [6.07, 6.45) is 0.0298. The molecule has 1 aromatic rings. The number of carbonyl (C=O) groups is 2. The van der Waals surface area contributed by atoms with Crippen LogP contribution in [0, 0.1) is 20.8 Å². The van der Waals surface area contributed by atoms with Crippen LogP contribution in [0.2, 0.25) is 0 Å². The van der Waals surface area contributed by atoms with Gasteiger partial charge in [-0.25, -0.2) is 9.59 Å².